The largest absolute Gasteiger partial charge is 0.318 e. The van der Waals surface area contributed by atoms with Gasteiger partial charge in [-0.05, 0) is 12.8 Å². The van der Waals surface area contributed by atoms with E-state index in [1.165, 1.54) is 6.42 Å². The average molecular weight is 238 g/mol. The Balaban J connectivity index is 0.000000720. The number of allylic oxidation sites excluding steroid dienone is 4. The van der Waals surface area contributed by atoms with Crippen LogP contribution in [0.15, 0.2) is 23.8 Å². The molecule has 0 radical (unpaired) electrons. The minimum absolute atomic E-state index is 0. The van der Waals surface area contributed by atoms with Crippen LogP contribution in [0.2, 0.25) is 0 Å². The molecule has 1 fully saturated rings. The van der Waals surface area contributed by atoms with Gasteiger partial charge in [0.1, 0.15) is 0 Å². The van der Waals surface area contributed by atoms with Crippen molar-refractivity contribution in [3.8, 4) is 0 Å². The van der Waals surface area contributed by atoms with Crippen LogP contribution >= 0.6 is 0 Å². The molecular weight excluding hydrogens is 223 g/mol. The summed E-state index contributed by atoms with van der Waals surface area (Å²) in [6.07, 6.45) is 10.6. The van der Waals surface area contributed by atoms with Gasteiger partial charge in [-0.3, -0.25) is 0 Å². The fraction of sp³-hybridized carbons (Fsp3) is 0.545. The topological polar surface area (TPSA) is 0 Å². The molecule has 12 heavy (non-hydrogen) atoms. The molecule has 1 heteroatoms. The third-order valence-corrected chi connectivity index (χ3v) is 2.92. The fourth-order valence-corrected chi connectivity index (χ4v) is 2.30. The van der Waals surface area contributed by atoms with E-state index in [1.54, 1.807) is 5.57 Å². The quantitative estimate of drug-likeness (QED) is 0.569. The van der Waals surface area contributed by atoms with Gasteiger partial charge in [0.15, 0.2) is 0 Å². The molecule has 0 heterocycles. The summed E-state index contributed by atoms with van der Waals surface area (Å²) in [5, 5.41) is 0. The van der Waals surface area contributed by atoms with Crippen molar-refractivity contribution in [2.45, 2.75) is 20.3 Å². The summed E-state index contributed by atoms with van der Waals surface area (Å²) in [6.45, 7) is 4.58. The van der Waals surface area contributed by atoms with E-state index in [0.29, 0.717) is 0 Å². The van der Waals surface area contributed by atoms with Crippen molar-refractivity contribution < 1.29 is 26.2 Å². The summed E-state index contributed by atoms with van der Waals surface area (Å²) in [6, 6.07) is 0. The molecule has 0 bridgehead atoms. The van der Waals surface area contributed by atoms with E-state index in [2.05, 4.69) is 38.5 Å². The Morgan fingerprint density at radius 2 is 2.25 bits per heavy atom. The summed E-state index contributed by atoms with van der Waals surface area (Å²) >= 11 is 0. The molecular formula is C11H15Zr-. The molecule has 64 valence electrons. The van der Waals surface area contributed by atoms with Gasteiger partial charge in [0.2, 0.25) is 0 Å². The first-order valence-electron chi connectivity index (χ1n) is 4.47. The molecule has 0 aliphatic heterocycles. The third kappa shape index (κ3) is 1.82. The average Bonchev–Trinajstić information content (AvgIpc) is 2.31. The van der Waals surface area contributed by atoms with Crippen LogP contribution in [0.3, 0.4) is 0 Å². The zero-order chi connectivity index (χ0) is 7.84. The van der Waals surface area contributed by atoms with E-state index < -0.39 is 0 Å². The number of hydrogen-bond donors (Lipinski definition) is 0. The molecule has 0 saturated heterocycles. The van der Waals surface area contributed by atoms with Crippen molar-refractivity contribution in [1.82, 2.24) is 0 Å². The fourth-order valence-electron chi connectivity index (χ4n) is 2.30. The standard InChI is InChI=1S/C11H15.Zr/c1-8-6-10-5-3-4-9(2)11(10)7-8;/h3-6,8,10-11H,7H2,1-2H3;/q-1;. The first-order valence-corrected chi connectivity index (χ1v) is 4.47. The summed E-state index contributed by atoms with van der Waals surface area (Å²) in [5.41, 5.74) is 1.57. The molecule has 0 amide bonds. The first-order chi connectivity index (χ1) is 5.27. The van der Waals surface area contributed by atoms with Crippen LogP contribution in [0, 0.1) is 24.2 Å². The second-order valence-corrected chi connectivity index (χ2v) is 3.88. The van der Waals surface area contributed by atoms with Gasteiger partial charge in [0.05, 0.1) is 0 Å². The summed E-state index contributed by atoms with van der Waals surface area (Å²) in [7, 11) is 0. The zero-order valence-corrected chi connectivity index (χ0v) is 10.2. The van der Waals surface area contributed by atoms with E-state index >= 15 is 0 Å². The Labute approximate surface area is 94.2 Å². The van der Waals surface area contributed by atoms with Crippen LogP contribution in [-0.4, -0.2) is 0 Å². The minimum atomic E-state index is 0. The Morgan fingerprint density at radius 1 is 1.50 bits per heavy atom. The monoisotopic (exact) mass is 237 g/mol. The Hall–Kier alpha value is 0.363. The van der Waals surface area contributed by atoms with Crippen LogP contribution in [0.4, 0.5) is 0 Å². The Morgan fingerprint density at radius 3 is 2.92 bits per heavy atom. The van der Waals surface area contributed by atoms with Crippen LogP contribution < -0.4 is 0 Å². The van der Waals surface area contributed by atoms with Crippen LogP contribution in [0.1, 0.15) is 20.3 Å². The van der Waals surface area contributed by atoms with Crippen LogP contribution in [0.5, 0.6) is 0 Å². The number of fused-ring (bicyclic) bond motifs is 1. The summed E-state index contributed by atoms with van der Waals surface area (Å²) in [5.74, 6) is 2.39. The summed E-state index contributed by atoms with van der Waals surface area (Å²) in [4.78, 5) is 0. The minimum Gasteiger partial charge on any atom is -0.318 e. The van der Waals surface area contributed by atoms with Crippen molar-refractivity contribution in [3.05, 3.63) is 30.2 Å². The maximum absolute atomic E-state index is 2.48. The van der Waals surface area contributed by atoms with Gasteiger partial charge >= 0.3 is 0 Å². The Bertz CT molecular complexity index is 215. The van der Waals surface area contributed by atoms with Gasteiger partial charge in [-0.15, -0.1) is 12.0 Å². The molecule has 0 aromatic rings. The van der Waals surface area contributed by atoms with Crippen molar-refractivity contribution >= 4 is 0 Å². The first kappa shape index (κ1) is 10.4. The predicted octanol–water partition coefficient (Wildman–Crippen LogP) is 2.98. The van der Waals surface area contributed by atoms with Crippen molar-refractivity contribution in [1.29, 1.82) is 0 Å². The van der Waals surface area contributed by atoms with E-state index in [1.807, 2.05) is 0 Å². The molecule has 0 N–H and O–H groups in total. The second-order valence-electron chi connectivity index (χ2n) is 3.88. The molecule has 2 aliphatic rings. The van der Waals surface area contributed by atoms with Gasteiger partial charge in [0, 0.05) is 26.2 Å². The van der Waals surface area contributed by atoms with Crippen molar-refractivity contribution in [2.24, 2.45) is 17.8 Å². The second kappa shape index (κ2) is 4.05. The Kier molecular flexibility index (Phi) is 3.52. The smallest absolute Gasteiger partial charge is 0 e. The molecule has 3 atom stereocenters. The molecule has 1 saturated carbocycles. The molecule has 0 aromatic heterocycles. The van der Waals surface area contributed by atoms with Gasteiger partial charge in [-0.1, -0.05) is 31.1 Å². The summed E-state index contributed by atoms with van der Waals surface area (Å²) < 4.78 is 0. The molecule has 3 unspecified atom stereocenters. The van der Waals surface area contributed by atoms with Gasteiger partial charge in [-0.2, -0.15) is 5.92 Å². The van der Waals surface area contributed by atoms with Crippen LogP contribution in [-0.2, 0) is 26.2 Å². The predicted molar refractivity (Wildman–Crippen MR) is 48.0 cm³/mol. The van der Waals surface area contributed by atoms with Gasteiger partial charge in [0.25, 0.3) is 0 Å². The van der Waals surface area contributed by atoms with Crippen LogP contribution in [0.25, 0.3) is 0 Å². The normalized spacial score (nSPS) is 38.5. The van der Waals surface area contributed by atoms with E-state index in [9.17, 15) is 0 Å². The van der Waals surface area contributed by atoms with Crippen molar-refractivity contribution in [3.63, 3.8) is 0 Å². The van der Waals surface area contributed by atoms with Gasteiger partial charge < -0.3 is 6.42 Å². The van der Waals surface area contributed by atoms with E-state index in [4.69, 9.17) is 0 Å². The molecule has 0 spiro atoms. The molecule has 0 nitrogen and oxygen atoms in total. The maximum Gasteiger partial charge on any atom is 0 e. The van der Waals surface area contributed by atoms with Gasteiger partial charge in [-0.25, -0.2) is 0 Å². The molecule has 2 rings (SSSR count). The zero-order valence-electron chi connectivity index (χ0n) is 7.75. The molecule has 2 aliphatic carbocycles. The maximum atomic E-state index is 2.48. The van der Waals surface area contributed by atoms with E-state index in [0.717, 1.165) is 17.8 Å². The molecule has 0 aromatic carbocycles. The number of rotatable bonds is 0. The number of hydrogen-bond acceptors (Lipinski definition) is 0. The van der Waals surface area contributed by atoms with Crippen molar-refractivity contribution in [2.75, 3.05) is 0 Å². The third-order valence-electron chi connectivity index (χ3n) is 2.92. The SMILES string of the molecule is CC1=CC=CC2[CH-]C(C)CC12.[Zr]. The van der Waals surface area contributed by atoms with E-state index in [-0.39, 0.29) is 26.2 Å².